The maximum absolute atomic E-state index is 14.5. The summed E-state index contributed by atoms with van der Waals surface area (Å²) < 4.78 is 5.47. The third-order valence-electron chi connectivity index (χ3n) is 8.69. The Hall–Kier alpha value is -5.72. The number of carbonyl (C=O) groups excluding carboxylic acids is 9. The number of nitrogens with zero attached hydrogens (tertiary/aromatic N) is 3. The molecule has 0 radical (unpaired) electrons. The fourth-order valence-electron chi connectivity index (χ4n) is 5.37. The minimum atomic E-state index is -1.94. The average molecular weight is 794 g/mol. The van der Waals surface area contributed by atoms with Gasteiger partial charge < -0.3 is 47.7 Å². The van der Waals surface area contributed by atoms with E-state index in [0.717, 1.165) is 0 Å². The molecule has 8 amide bonds. The molecular weight excluding hydrogens is 738 g/mol. The summed E-state index contributed by atoms with van der Waals surface area (Å²) >= 11 is 0. The number of ether oxygens (including phenoxy) is 1. The molecule has 56 heavy (non-hydrogen) atoms. The maximum Gasteiger partial charge on any atom is 0.417 e. The van der Waals surface area contributed by atoms with Crippen LogP contribution >= 0.6 is 0 Å². The van der Waals surface area contributed by atoms with Gasteiger partial charge in [-0.3, -0.25) is 38.4 Å². The normalized spacial score (nSPS) is 16.9. The van der Waals surface area contributed by atoms with Crippen LogP contribution in [0.3, 0.4) is 0 Å². The number of nitrogens with two attached hydrogens (primary N) is 1. The van der Waals surface area contributed by atoms with E-state index in [1.165, 1.54) is 27.7 Å². The number of rotatable bonds is 21. The van der Waals surface area contributed by atoms with Crippen molar-refractivity contribution in [3.05, 3.63) is 5.53 Å². The zero-order valence-electron chi connectivity index (χ0n) is 33.0. The number of primary amides is 1. The van der Waals surface area contributed by atoms with Gasteiger partial charge >= 0.3 is 18.3 Å². The fourth-order valence-corrected chi connectivity index (χ4v) is 5.37. The van der Waals surface area contributed by atoms with Crippen molar-refractivity contribution in [2.24, 2.45) is 17.6 Å². The number of carboxylic acid groups (broad SMARTS) is 1. The van der Waals surface area contributed by atoms with E-state index in [2.05, 4.69) is 31.4 Å². The minimum absolute atomic E-state index is 0.0922. The molecular formula is C35H55N9O12. The van der Waals surface area contributed by atoms with Gasteiger partial charge in [0, 0.05) is 19.3 Å². The summed E-state index contributed by atoms with van der Waals surface area (Å²) in [6.45, 7) is 12.0. The van der Waals surface area contributed by atoms with Crippen LogP contribution in [0, 0.1) is 11.8 Å². The lowest BCUT2D eigenvalue weighted by atomic mass is 9.95. The monoisotopic (exact) mass is 793 g/mol. The summed E-state index contributed by atoms with van der Waals surface area (Å²) in [7, 11) is 0. The number of amides is 8. The maximum atomic E-state index is 14.5. The number of Topliss-reactive ketones (excluding diaryl/α,β-unsaturated/α-hetero) is 1. The first-order chi connectivity index (χ1) is 25.9. The lowest BCUT2D eigenvalue weighted by Crippen LogP contribution is -2.62. The zero-order valence-corrected chi connectivity index (χ0v) is 33.0. The van der Waals surface area contributed by atoms with Gasteiger partial charge in [-0.25, -0.2) is 14.5 Å². The van der Waals surface area contributed by atoms with E-state index >= 15 is 0 Å². The SMILES string of the molecule is CC[C@H](C)[C@H](NC(=O)[C@H](CCC(N)=O)N(C(=O)OC(C)(C)C)C(=O)[C@H](CCC(=O)C=[N+]=[N-])NC(=O)[C@H](C)NC(=O)[C@@H]1CCC(=O)N1)C(=O)N[C@H](C(=O)O)C(C)C. The van der Waals surface area contributed by atoms with Crippen molar-refractivity contribution in [1.82, 2.24) is 31.5 Å². The van der Waals surface area contributed by atoms with Crippen molar-refractivity contribution >= 4 is 65.4 Å². The van der Waals surface area contributed by atoms with E-state index in [-0.39, 0.29) is 18.7 Å². The second kappa shape index (κ2) is 22.0. The minimum Gasteiger partial charge on any atom is -0.480 e. The van der Waals surface area contributed by atoms with E-state index in [4.69, 9.17) is 16.0 Å². The molecule has 1 aliphatic heterocycles. The highest BCUT2D eigenvalue weighted by Crippen LogP contribution is 2.20. The molecule has 1 rings (SSSR count). The van der Waals surface area contributed by atoms with Crippen LogP contribution in [0.15, 0.2) is 0 Å². The molecule has 1 aliphatic rings. The topological polar surface area (TPSA) is 326 Å². The van der Waals surface area contributed by atoms with Crippen molar-refractivity contribution in [1.29, 1.82) is 0 Å². The van der Waals surface area contributed by atoms with Gasteiger partial charge in [0.1, 0.15) is 41.9 Å². The van der Waals surface area contributed by atoms with Gasteiger partial charge in [-0.15, -0.1) is 0 Å². The van der Waals surface area contributed by atoms with Crippen molar-refractivity contribution in [2.45, 2.75) is 142 Å². The third-order valence-corrected chi connectivity index (χ3v) is 8.69. The Morgan fingerprint density at radius 1 is 0.946 bits per heavy atom. The molecule has 1 fully saturated rings. The summed E-state index contributed by atoms with van der Waals surface area (Å²) in [5.41, 5.74) is 12.9. The largest absolute Gasteiger partial charge is 0.480 e. The van der Waals surface area contributed by atoms with Crippen molar-refractivity contribution in [2.75, 3.05) is 0 Å². The Morgan fingerprint density at radius 3 is 2.04 bits per heavy atom. The Labute approximate surface area is 324 Å². The Morgan fingerprint density at radius 2 is 1.55 bits per heavy atom. The van der Waals surface area contributed by atoms with E-state index in [1.54, 1.807) is 27.7 Å². The Balaban J connectivity index is 3.76. The smallest absolute Gasteiger partial charge is 0.417 e. The summed E-state index contributed by atoms with van der Waals surface area (Å²) in [4.78, 5) is 133. The number of ketones is 1. The molecule has 0 aliphatic carbocycles. The van der Waals surface area contributed by atoms with Gasteiger partial charge in [-0.1, -0.05) is 34.1 Å². The number of imide groups is 1. The molecule has 0 saturated carbocycles. The summed E-state index contributed by atoms with van der Waals surface area (Å²) in [5.74, 6) is -9.70. The fraction of sp³-hybridized carbons (Fsp3) is 0.686. The highest BCUT2D eigenvalue weighted by molar-refractivity contribution is 6.25. The van der Waals surface area contributed by atoms with E-state index < -0.39 is 133 Å². The zero-order chi connectivity index (χ0) is 43.1. The predicted octanol–water partition coefficient (Wildman–Crippen LogP) is -0.941. The van der Waals surface area contributed by atoms with Crippen LogP contribution in [0.25, 0.3) is 5.53 Å². The van der Waals surface area contributed by atoms with Gasteiger partial charge in [0.05, 0.1) is 0 Å². The molecule has 8 N–H and O–H groups in total. The van der Waals surface area contributed by atoms with Crippen LogP contribution in [0.5, 0.6) is 0 Å². The average Bonchev–Trinajstić information content (AvgIpc) is 3.53. The number of nitrogens with one attached hydrogen (secondary N) is 5. The first kappa shape index (κ1) is 48.3. The first-order valence-corrected chi connectivity index (χ1v) is 18.2. The molecule has 0 aromatic heterocycles. The lowest BCUT2D eigenvalue weighted by molar-refractivity contribution is -0.145. The van der Waals surface area contributed by atoms with Crippen LogP contribution in [0.2, 0.25) is 0 Å². The quantitative estimate of drug-likeness (QED) is 0.0421. The van der Waals surface area contributed by atoms with Gasteiger partial charge in [-0.05, 0) is 58.8 Å². The Bertz CT molecular complexity index is 1570. The molecule has 7 atom stereocenters. The van der Waals surface area contributed by atoms with Crippen molar-refractivity contribution in [3.8, 4) is 0 Å². The molecule has 1 saturated heterocycles. The van der Waals surface area contributed by atoms with Crippen LogP contribution < -0.4 is 32.3 Å². The van der Waals surface area contributed by atoms with E-state index in [1.807, 2.05) is 0 Å². The Kier molecular flexibility index (Phi) is 19.0. The number of hydrogen-bond donors (Lipinski definition) is 7. The van der Waals surface area contributed by atoms with E-state index in [0.29, 0.717) is 17.5 Å². The molecule has 1 heterocycles. The van der Waals surface area contributed by atoms with Crippen molar-refractivity contribution < 1.29 is 62.6 Å². The third kappa shape index (κ3) is 15.6. The summed E-state index contributed by atoms with van der Waals surface area (Å²) in [6.07, 6.45) is -2.63. The number of carboxylic acids is 1. The van der Waals surface area contributed by atoms with Gasteiger partial charge in [0.2, 0.25) is 41.2 Å². The van der Waals surface area contributed by atoms with Crippen LogP contribution in [0.1, 0.15) is 100 Å². The predicted molar refractivity (Wildman–Crippen MR) is 196 cm³/mol. The second-order valence-corrected chi connectivity index (χ2v) is 14.8. The first-order valence-electron chi connectivity index (χ1n) is 18.2. The molecule has 0 aromatic carbocycles. The molecule has 0 aromatic rings. The lowest BCUT2D eigenvalue weighted by Gasteiger charge is -2.35. The molecule has 21 nitrogen and oxygen atoms in total. The van der Waals surface area contributed by atoms with Gasteiger partial charge in [0.15, 0.2) is 0 Å². The molecule has 0 bridgehead atoms. The second-order valence-electron chi connectivity index (χ2n) is 14.8. The molecule has 0 unspecified atom stereocenters. The van der Waals surface area contributed by atoms with Gasteiger partial charge in [-0.2, -0.15) is 4.79 Å². The van der Waals surface area contributed by atoms with Crippen LogP contribution in [-0.2, 0) is 47.9 Å². The van der Waals surface area contributed by atoms with Crippen LogP contribution in [0.4, 0.5) is 4.79 Å². The molecule has 312 valence electrons. The summed E-state index contributed by atoms with van der Waals surface area (Å²) in [6, 6.07) is -8.77. The van der Waals surface area contributed by atoms with Crippen molar-refractivity contribution in [3.63, 3.8) is 0 Å². The summed E-state index contributed by atoms with van der Waals surface area (Å²) in [5, 5.41) is 21.8. The van der Waals surface area contributed by atoms with Crippen LogP contribution in [-0.4, -0.2) is 122 Å². The van der Waals surface area contributed by atoms with E-state index in [9.17, 15) is 53.1 Å². The standard InChI is InChI=1S/C35H55N9O12/c1-9-18(4)27(31(51)42-26(17(2)3)33(53)54)43-30(50)23(13-14-24(36)46)44(34(55)56-35(6,7)8)32(52)22(11-10-20(45)16-38-37)41-28(48)19(5)39-29(49)21-12-15-25(47)40-21/h16-19,21-23,26-27H,9-15H2,1-8H3,(H2,36,46)(H,39,49)(H,40,47)(H,41,48)(H,42,51)(H,43,50)(H,53,54)/t18-,19-,21-,22-,23-,26-,27-/m0/s1. The number of aliphatic carboxylic acids is 1. The highest BCUT2D eigenvalue weighted by atomic mass is 16.6. The molecule has 0 spiro atoms. The number of carbonyl (C=O) groups is 10. The highest BCUT2D eigenvalue weighted by Gasteiger charge is 2.43. The molecule has 21 heteroatoms. The number of hydrogen-bond acceptors (Lipinski definition) is 11. The van der Waals surface area contributed by atoms with Gasteiger partial charge in [0.25, 0.3) is 5.91 Å².